The molecule has 0 fully saturated rings. The fourth-order valence-electron chi connectivity index (χ4n) is 3.21. The second-order valence-corrected chi connectivity index (χ2v) is 8.97. The van der Waals surface area contributed by atoms with Crippen LogP contribution in [0.4, 0.5) is 34.9 Å². The van der Waals surface area contributed by atoms with Gasteiger partial charge in [0.15, 0.2) is 0 Å². The van der Waals surface area contributed by atoms with Gasteiger partial charge in [-0.25, -0.2) is 0 Å². The lowest BCUT2D eigenvalue weighted by Crippen LogP contribution is -2.09. The van der Waals surface area contributed by atoms with Crippen molar-refractivity contribution in [2.24, 2.45) is 0 Å². The Bertz CT molecular complexity index is 1370. The standard InChI is InChI=1S/C25H24N6O3S/c1-3-10-18-15-16-21(17-22(18)35(32,33)34-2)28-25-30-23(26-19-11-6-4-7-12-19)29-24(31-25)27-20-13-8-5-9-14-20/h3-17H,1-2H3,(H3,26,27,28,29,30,31). The maximum Gasteiger partial charge on any atom is 0.297 e. The zero-order valence-electron chi connectivity index (χ0n) is 19.1. The number of nitrogens with one attached hydrogen (secondary N) is 3. The number of aromatic nitrogens is 3. The lowest BCUT2D eigenvalue weighted by Gasteiger charge is -2.13. The quantitative estimate of drug-likeness (QED) is 0.264. The molecule has 0 atom stereocenters. The summed E-state index contributed by atoms with van der Waals surface area (Å²) >= 11 is 0. The minimum Gasteiger partial charge on any atom is -0.324 e. The SMILES string of the molecule is CC=Cc1ccc(Nc2nc(Nc3ccccc3)nc(Nc3ccccc3)n2)cc1S(=O)(=O)OC. The maximum atomic E-state index is 12.5. The van der Waals surface area contributed by atoms with Crippen LogP contribution in [0, 0.1) is 0 Å². The van der Waals surface area contributed by atoms with Crippen LogP contribution in [-0.4, -0.2) is 30.5 Å². The molecule has 0 amide bonds. The molecule has 0 radical (unpaired) electrons. The first-order valence-electron chi connectivity index (χ1n) is 10.7. The fraction of sp³-hybridized carbons (Fsp3) is 0.0800. The monoisotopic (exact) mass is 488 g/mol. The zero-order valence-corrected chi connectivity index (χ0v) is 20.0. The molecule has 0 aliphatic heterocycles. The second-order valence-electron chi connectivity index (χ2n) is 7.29. The second kappa shape index (κ2) is 10.8. The van der Waals surface area contributed by atoms with Crippen LogP contribution in [0.1, 0.15) is 12.5 Å². The van der Waals surface area contributed by atoms with Crippen molar-refractivity contribution in [3.05, 3.63) is 90.5 Å². The summed E-state index contributed by atoms with van der Waals surface area (Å²) in [5, 5.41) is 9.40. The predicted octanol–water partition coefficient (Wildman–Crippen LogP) is 5.47. The van der Waals surface area contributed by atoms with Crippen LogP contribution in [0.25, 0.3) is 6.08 Å². The highest BCUT2D eigenvalue weighted by Gasteiger charge is 2.18. The van der Waals surface area contributed by atoms with E-state index in [1.807, 2.05) is 67.6 Å². The van der Waals surface area contributed by atoms with Gasteiger partial charge in [0.25, 0.3) is 10.1 Å². The topological polar surface area (TPSA) is 118 Å². The Labute approximate surface area is 204 Å². The highest BCUT2D eigenvalue weighted by atomic mass is 32.2. The van der Waals surface area contributed by atoms with E-state index in [1.54, 1.807) is 24.3 Å². The largest absolute Gasteiger partial charge is 0.324 e. The minimum atomic E-state index is -3.93. The molecule has 0 aliphatic carbocycles. The number of rotatable bonds is 9. The van der Waals surface area contributed by atoms with E-state index in [9.17, 15) is 8.42 Å². The molecule has 10 heteroatoms. The van der Waals surface area contributed by atoms with Crippen molar-refractivity contribution in [3.63, 3.8) is 0 Å². The molecule has 4 rings (SSSR count). The summed E-state index contributed by atoms with van der Waals surface area (Å²) in [6.07, 6.45) is 3.45. The molecule has 0 unspecified atom stereocenters. The number of nitrogens with zero attached hydrogens (tertiary/aromatic N) is 3. The van der Waals surface area contributed by atoms with Crippen LogP contribution < -0.4 is 16.0 Å². The minimum absolute atomic E-state index is 0.0300. The van der Waals surface area contributed by atoms with Crippen molar-refractivity contribution in [3.8, 4) is 0 Å². The van der Waals surface area contributed by atoms with Gasteiger partial charge in [-0.1, -0.05) is 54.6 Å². The van der Waals surface area contributed by atoms with Crippen LogP contribution in [0.15, 0.2) is 89.8 Å². The van der Waals surface area contributed by atoms with Crippen LogP contribution in [0.2, 0.25) is 0 Å². The molecule has 178 valence electrons. The molecule has 1 aromatic heterocycles. The van der Waals surface area contributed by atoms with Gasteiger partial charge in [-0.2, -0.15) is 23.4 Å². The van der Waals surface area contributed by atoms with Crippen molar-refractivity contribution in [1.82, 2.24) is 15.0 Å². The van der Waals surface area contributed by atoms with Gasteiger partial charge in [0, 0.05) is 17.1 Å². The van der Waals surface area contributed by atoms with Gasteiger partial charge in [-0.3, -0.25) is 4.18 Å². The number of anilines is 6. The third-order valence-electron chi connectivity index (χ3n) is 4.80. The van der Waals surface area contributed by atoms with Crippen molar-refractivity contribution < 1.29 is 12.6 Å². The summed E-state index contributed by atoms with van der Waals surface area (Å²) in [6.45, 7) is 1.81. The van der Waals surface area contributed by atoms with E-state index in [0.29, 0.717) is 23.1 Å². The number of allylic oxidation sites excluding steroid dienone is 1. The number of hydrogen-bond acceptors (Lipinski definition) is 9. The van der Waals surface area contributed by atoms with Crippen molar-refractivity contribution in [1.29, 1.82) is 0 Å². The first-order valence-corrected chi connectivity index (χ1v) is 12.1. The highest BCUT2D eigenvalue weighted by molar-refractivity contribution is 7.86. The van der Waals surface area contributed by atoms with Gasteiger partial charge in [0.05, 0.1) is 7.11 Å². The molecule has 1 heterocycles. The summed E-state index contributed by atoms with van der Waals surface area (Å²) in [5.74, 6) is 0.834. The van der Waals surface area contributed by atoms with Gasteiger partial charge in [-0.15, -0.1) is 0 Å². The molecule has 4 aromatic rings. The summed E-state index contributed by atoms with van der Waals surface area (Å²) in [5.41, 5.74) is 2.59. The average Bonchev–Trinajstić information content (AvgIpc) is 2.86. The van der Waals surface area contributed by atoms with Gasteiger partial charge in [0.1, 0.15) is 4.90 Å². The average molecular weight is 489 g/mol. The molecule has 9 nitrogen and oxygen atoms in total. The smallest absolute Gasteiger partial charge is 0.297 e. The van der Waals surface area contributed by atoms with Crippen molar-refractivity contribution in [2.45, 2.75) is 11.8 Å². The Morgan fingerprint density at radius 1 is 0.714 bits per heavy atom. The third-order valence-corrected chi connectivity index (χ3v) is 6.13. The van der Waals surface area contributed by atoms with Crippen molar-refractivity contribution >= 4 is 51.1 Å². The Balaban J connectivity index is 1.71. The Morgan fingerprint density at radius 2 is 1.20 bits per heavy atom. The van der Waals surface area contributed by atoms with Gasteiger partial charge in [-0.05, 0) is 48.9 Å². The van der Waals surface area contributed by atoms with E-state index in [1.165, 1.54) is 6.07 Å². The lowest BCUT2D eigenvalue weighted by molar-refractivity contribution is 0.397. The Hall–Kier alpha value is -4.28. The maximum absolute atomic E-state index is 12.5. The van der Waals surface area contributed by atoms with Gasteiger partial charge in [0.2, 0.25) is 17.8 Å². The number of para-hydroxylation sites is 2. The summed E-state index contributed by atoms with van der Waals surface area (Å²) in [6, 6.07) is 23.9. The van der Waals surface area contributed by atoms with E-state index in [2.05, 4.69) is 30.9 Å². The highest BCUT2D eigenvalue weighted by Crippen LogP contribution is 2.26. The lowest BCUT2D eigenvalue weighted by atomic mass is 10.2. The van der Waals surface area contributed by atoms with E-state index in [4.69, 9.17) is 4.18 Å². The van der Waals surface area contributed by atoms with Gasteiger partial charge < -0.3 is 16.0 Å². The molecule has 0 saturated heterocycles. The fourth-order valence-corrected chi connectivity index (χ4v) is 4.09. The molecular weight excluding hydrogens is 464 g/mol. The van der Waals surface area contributed by atoms with E-state index < -0.39 is 10.1 Å². The molecule has 3 N–H and O–H groups in total. The molecule has 0 spiro atoms. The Morgan fingerprint density at radius 3 is 1.66 bits per heavy atom. The number of benzene rings is 3. The molecule has 0 saturated carbocycles. The molecular formula is C25H24N6O3S. The van der Waals surface area contributed by atoms with Crippen LogP contribution >= 0.6 is 0 Å². The first-order chi connectivity index (χ1) is 17.0. The normalized spacial score (nSPS) is 11.4. The third kappa shape index (κ3) is 6.19. The van der Waals surface area contributed by atoms with Crippen LogP contribution in [0.3, 0.4) is 0 Å². The van der Waals surface area contributed by atoms with E-state index >= 15 is 0 Å². The zero-order chi connectivity index (χ0) is 24.7. The summed E-state index contributed by atoms with van der Waals surface area (Å²) < 4.78 is 29.7. The van der Waals surface area contributed by atoms with Crippen LogP contribution in [0.5, 0.6) is 0 Å². The molecule has 3 aromatic carbocycles. The molecule has 0 bridgehead atoms. The van der Waals surface area contributed by atoms with E-state index in [0.717, 1.165) is 18.5 Å². The first kappa shape index (κ1) is 23.9. The number of hydrogen-bond donors (Lipinski definition) is 3. The Kier molecular flexibility index (Phi) is 7.34. The summed E-state index contributed by atoms with van der Waals surface area (Å²) in [4.78, 5) is 13.4. The van der Waals surface area contributed by atoms with Crippen LogP contribution in [-0.2, 0) is 14.3 Å². The summed E-state index contributed by atoms with van der Waals surface area (Å²) in [7, 11) is -2.80. The molecule has 35 heavy (non-hydrogen) atoms. The van der Waals surface area contributed by atoms with Gasteiger partial charge >= 0.3 is 0 Å². The van der Waals surface area contributed by atoms with E-state index in [-0.39, 0.29) is 10.8 Å². The molecule has 0 aliphatic rings. The van der Waals surface area contributed by atoms with Crippen molar-refractivity contribution in [2.75, 3.05) is 23.1 Å². The predicted molar refractivity (Wildman–Crippen MR) is 138 cm³/mol.